The molecule has 0 fully saturated rings. The van der Waals surface area contributed by atoms with Gasteiger partial charge in [0.15, 0.2) is 0 Å². The predicted octanol–water partition coefficient (Wildman–Crippen LogP) is 16.9. The van der Waals surface area contributed by atoms with Crippen LogP contribution in [0.2, 0.25) is 0 Å². The molecule has 1 atom stereocenters. The second-order valence-electron chi connectivity index (χ2n) is 16.5. The van der Waals surface area contributed by atoms with Crippen molar-refractivity contribution in [2.45, 2.75) is 0 Å². The van der Waals surface area contributed by atoms with Gasteiger partial charge in [-0.2, -0.15) is 0 Å². The first kappa shape index (κ1) is 39.2. The fraction of sp³-hybridized carbons (Fsp3) is 0. The fourth-order valence-electron chi connectivity index (χ4n) is 9.50. The summed E-state index contributed by atoms with van der Waals surface area (Å²) in [5, 5.41) is 3.00. The van der Waals surface area contributed by atoms with Crippen molar-refractivity contribution in [2.75, 3.05) is 14.2 Å². The van der Waals surface area contributed by atoms with Crippen LogP contribution in [0.25, 0.3) is 55.3 Å². The maximum Gasteiger partial charge on any atom is 0.301 e. The molecular weight excluding hydrogens is 826 g/mol. The molecule has 0 amide bonds. The van der Waals surface area contributed by atoms with Gasteiger partial charge in [-0.3, -0.25) is 13.9 Å². The summed E-state index contributed by atoms with van der Waals surface area (Å²) in [5.74, 6) is 0. The number of anilines is 7. The summed E-state index contributed by atoms with van der Waals surface area (Å²) >= 11 is 0. The standard InChI is InChI=1S/C60H42N3O2P/c64-66(53-22-11-4-12-23-53)62(51-18-7-2-8-19-51)56-41-34-47(42-57(56)63(66)52-20-9-3-10-21-52)45-30-37-49(38-31-45)61(48-35-28-44(29-36-48)43-16-5-1-6-17-43)50-39-32-46(33-40-50)54-25-15-27-59-60(54)55-24-13-14-26-58(55)65-59/h1-42H. The molecule has 0 bridgehead atoms. The minimum absolute atomic E-state index is 0.761. The van der Waals surface area contributed by atoms with E-state index in [2.05, 4.69) is 149 Å². The van der Waals surface area contributed by atoms with Gasteiger partial charge in [-0.25, -0.2) is 0 Å². The predicted molar refractivity (Wildman–Crippen MR) is 276 cm³/mol. The Morgan fingerprint density at radius 3 is 1.42 bits per heavy atom. The van der Waals surface area contributed by atoms with Crippen LogP contribution in [-0.4, -0.2) is 0 Å². The van der Waals surface area contributed by atoms with Crippen molar-refractivity contribution in [3.8, 4) is 33.4 Å². The van der Waals surface area contributed by atoms with Crippen LogP contribution >= 0.6 is 7.44 Å². The van der Waals surface area contributed by atoms with Crippen LogP contribution in [0.4, 0.5) is 39.8 Å². The summed E-state index contributed by atoms with van der Waals surface area (Å²) in [6, 6.07) is 87.9. The molecule has 0 saturated heterocycles. The lowest BCUT2D eigenvalue weighted by molar-refractivity contribution is 0.582. The van der Waals surface area contributed by atoms with Crippen molar-refractivity contribution in [3.63, 3.8) is 0 Å². The molecule has 0 spiro atoms. The summed E-state index contributed by atoms with van der Waals surface area (Å²) < 4.78 is 26.5. The molecule has 66 heavy (non-hydrogen) atoms. The quantitative estimate of drug-likeness (QED) is 0.135. The van der Waals surface area contributed by atoms with Gasteiger partial charge in [-0.1, -0.05) is 158 Å². The van der Waals surface area contributed by atoms with Gasteiger partial charge in [0.1, 0.15) is 11.2 Å². The molecule has 12 rings (SSSR count). The van der Waals surface area contributed by atoms with Crippen LogP contribution in [0.3, 0.4) is 0 Å². The molecule has 1 aliphatic rings. The summed E-state index contributed by atoms with van der Waals surface area (Å²) in [4.78, 5) is 2.31. The Labute approximate surface area is 384 Å². The number of rotatable bonds is 9. The Balaban J connectivity index is 0.948. The van der Waals surface area contributed by atoms with E-state index in [0.29, 0.717) is 0 Å². The van der Waals surface area contributed by atoms with E-state index < -0.39 is 7.44 Å². The van der Waals surface area contributed by atoms with Crippen molar-refractivity contribution in [1.82, 2.24) is 0 Å². The fourth-order valence-corrected chi connectivity index (χ4v) is 12.5. The minimum Gasteiger partial charge on any atom is -0.456 e. The molecule has 1 unspecified atom stereocenters. The highest BCUT2D eigenvalue weighted by Crippen LogP contribution is 2.70. The average Bonchev–Trinajstić information content (AvgIpc) is 3.91. The first-order valence-corrected chi connectivity index (χ1v) is 23.8. The number of furan rings is 1. The van der Waals surface area contributed by atoms with Crippen molar-refractivity contribution < 1.29 is 8.98 Å². The van der Waals surface area contributed by atoms with Gasteiger partial charge in [0, 0.05) is 39.2 Å². The zero-order chi connectivity index (χ0) is 44.0. The maximum absolute atomic E-state index is 16.1. The molecule has 5 nitrogen and oxygen atoms in total. The van der Waals surface area contributed by atoms with Gasteiger partial charge in [0.25, 0.3) is 0 Å². The van der Waals surface area contributed by atoms with E-state index >= 15 is 4.57 Å². The monoisotopic (exact) mass is 867 g/mol. The Hall–Kier alpha value is -8.37. The maximum atomic E-state index is 16.1. The summed E-state index contributed by atoms with van der Waals surface area (Å²) in [6.45, 7) is 0. The van der Waals surface area contributed by atoms with Crippen molar-refractivity contribution in [3.05, 3.63) is 255 Å². The first-order chi connectivity index (χ1) is 32.6. The van der Waals surface area contributed by atoms with E-state index in [4.69, 9.17) is 4.42 Å². The molecule has 1 aromatic heterocycles. The average molecular weight is 868 g/mol. The topological polar surface area (TPSA) is 39.9 Å². The second kappa shape index (κ2) is 16.3. The lowest BCUT2D eigenvalue weighted by Crippen LogP contribution is -2.26. The summed E-state index contributed by atoms with van der Waals surface area (Å²) in [5.41, 5.74) is 15.1. The van der Waals surface area contributed by atoms with Crippen molar-refractivity contribution in [2.24, 2.45) is 0 Å². The number of hydrogen-bond donors (Lipinski definition) is 0. The Kier molecular flexibility index (Phi) is 9.70. The smallest absolute Gasteiger partial charge is 0.301 e. The molecule has 1 aliphatic heterocycles. The lowest BCUT2D eigenvalue weighted by atomic mass is 9.99. The number of nitrogens with zero attached hydrogens (tertiary/aromatic N) is 3. The first-order valence-electron chi connectivity index (χ1n) is 22.2. The highest BCUT2D eigenvalue weighted by Gasteiger charge is 2.49. The normalized spacial score (nSPS) is 14.4. The van der Waals surface area contributed by atoms with E-state index in [-0.39, 0.29) is 0 Å². The molecule has 314 valence electrons. The van der Waals surface area contributed by atoms with Crippen LogP contribution in [0, 0.1) is 0 Å². The van der Waals surface area contributed by atoms with Gasteiger partial charge in [-0.15, -0.1) is 0 Å². The molecular formula is C60H42N3O2P. The number of hydrogen-bond acceptors (Lipinski definition) is 3. The number of benzene rings is 10. The van der Waals surface area contributed by atoms with Crippen molar-refractivity contribution >= 4 is 74.5 Å². The molecule has 6 heteroatoms. The van der Waals surface area contributed by atoms with E-state index in [9.17, 15) is 0 Å². The SMILES string of the molecule is O=P1(c2ccccc2)N(c2ccccc2)c2ccc(-c3ccc(N(c4ccc(-c5ccccc5)cc4)c4ccc(-c5cccc6oc7ccccc7c56)cc4)cc3)cc2N1c1ccccc1. The molecule has 10 aromatic carbocycles. The molecule has 0 N–H and O–H groups in total. The molecule has 0 saturated carbocycles. The van der Waals surface area contributed by atoms with Crippen molar-refractivity contribution in [1.29, 1.82) is 0 Å². The van der Waals surface area contributed by atoms with Gasteiger partial charge in [-0.05, 0) is 130 Å². The number of fused-ring (bicyclic) bond motifs is 4. The Morgan fingerprint density at radius 2 is 0.818 bits per heavy atom. The van der Waals surface area contributed by atoms with Gasteiger partial charge >= 0.3 is 7.44 Å². The second-order valence-corrected chi connectivity index (χ2v) is 18.9. The summed E-state index contributed by atoms with van der Waals surface area (Å²) in [6.07, 6.45) is 0. The van der Waals surface area contributed by atoms with E-state index in [0.717, 1.165) is 94.9 Å². The van der Waals surface area contributed by atoms with Crippen LogP contribution < -0.4 is 19.5 Å². The van der Waals surface area contributed by atoms with Crippen LogP contribution in [0.5, 0.6) is 0 Å². The third-order valence-electron chi connectivity index (χ3n) is 12.6. The molecule has 11 aromatic rings. The van der Waals surface area contributed by atoms with E-state index in [1.165, 1.54) is 5.56 Å². The molecule has 0 aliphatic carbocycles. The van der Waals surface area contributed by atoms with E-state index in [1.54, 1.807) is 0 Å². The third-order valence-corrected chi connectivity index (χ3v) is 15.5. The Morgan fingerprint density at radius 1 is 0.364 bits per heavy atom. The van der Waals surface area contributed by atoms with Gasteiger partial charge < -0.3 is 9.32 Å². The van der Waals surface area contributed by atoms with Crippen LogP contribution in [0.15, 0.2) is 259 Å². The molecule has 0 radical (unpaired) electrons. The Bertz CT molecular complexity index is 3540. The lowest BCUT2D eigenvalue weighted by Gasteiger charge is -2.33. The molecule has 2 heterocycles. The minimum atomic E-state index is -3.48. The van der Waals surface area contributed by atoms with Gasteiger partial charge in [0.2, 0.25) is 0 Å². The van der Waals surface area contributed by atoms with Crippen LogP contribution in [-0.2, 0) is 4.57 Å². The third kappa shape index (κ3) is 6.68. The van der Waals surface area contributed by atoms with Crippen LogP contribution in [0.1, 0.15) is 0 Å². The number of para-hydroxylation sites is 3. The highest BCUT2D eigenvalue weighted by molar-refractivity contribution is 7.76. The summed E-state index contributed by atoms with van der Waals surface area (Å²) in [7, 11) is -3.48. The van der Waals surface area contributed by atoms with E-state index in [1.807, 2.05) is 120 Å². The van der Waals surface area contributed by atoms with Gasteiger partial charge in [0.05, 0.1) is 16.7 Å². The highest BCUT2D eigenvalue weighted by atomic mass is 31.2. The largest absolute Gasteiger partial charge is 0.456 e. The zero-order valence-corrected chi connectivity index (χ0v) is 36.7. The zero-order valence-electron chi connectivity index (χ0n) is 35.9.